The first-order valence-electron chi connectivity index (χ1n) is 7.44. The van der Waals surface area contributed by atoms with Crippen LogP contribution in [0.2, 0.25) is 5.02 Å². The highest BCUT2D eigenvalue weighted by Gasteiger charge is 2.17. The SMILES string of the molecule is Cc1cc(C)c(NC(=O)C(=O)Nc2cccc(N(C)C)c2)c(Cl)c1. The number of carbonyl (C=O) groups excluding carboxylic acids is 2. The van der Waals surface area contributed by atoms with Crippen molar-refractivity contribution in [3.8, 4) is 0 Å². The average Bonchev–Trinajstić information content (AvgIpc) is 2.50. The molecule has 2 aromatic carbocycles. The van der Waals surface area contributed by atoms with Crippen LogP contribution in [0.5, 0.6) is 0 Å². The molecule has 24 heavy (non-hydrogen) atoms. The Morgan fingerprint density at radius 2 is 1.67 bits per heavy atom. The predicted molar refractivity (Wildman–Crippen MR) is 99.0 cm³/mol. The molecule has 2 amide bonds. The number of halogens is 1. The number of hydrogen-bond donors (Lipinski definition) is 2. The molecule has 0 saturated carbocycles. The molecule has 0 spiro atoms. The lowest BCUT2D eigenvalue weighted by molar-refractivity contribution is -0.133. The van der Waals surface area contributed by atoms with E-state index in [1.807, 2.05) is 51.0 Å². The third kappa shape index (κ3) is 4.26. The van der Waals surface area contributed by atoms with Crippen LogP contribution < -0.4 is 15.5 Å². The van der Waals surface area contributed by atoms with Crippen molar-refractivity contribution in [1.29, 1.82) is 0 Å². The third-order valence-electron chi connectivity index (χ3n) is 3.50. The van der Waals surface area contributed by atoms with Crippen molar-refractivity contribution in [3.05, 3.63) is 52.5 Å². The molecule has 6 heteroatoms. The topological polar surface area (TPSA) is 61.4 Å². The van der Waals surface area contributed by atoms with E-state index in [1.165, 1.54) is 0 Å². The van der Waals surface area contributed by atoms with Crippen LogP contribution in [0.25, 0.3) is 0 Å². The second kappa shape index (κ2) is 7.36. The van der Waals surface area contributed by atoms with E-state index in [1.54, 1.807) is 18.2 Å². The Labute approximate surface area is 146 Å². The van der Waals surface area contributed by atoms with E-state index >= 15 is 0 Å². The summed E-state index contributed by atoms with van der Waals surface area (Å²) < 4.78 is 0. The van der Waals surface area contributed by atoms with Gasteiger partial charge >= 0.3 is 11.8 Å². The van der Waals surface area contributed by atoms with Gasteiger partial charge in [0.2, 0.25) is 0 Å². The van der Waals surface area contributed by atoms with Crippen molar-refractivity contribution in [1.82, 2.24) is 0 Å². The van der Waals surface area contributed by atoms with E-state index in [0.29, 0.717) is 16.4 Å². The van der Waals surface area contributed by atoms with Crippen LogP contribution in [0, 0.1) is 13.8 Å². The van der Waals surface area contributed by atoms with E-state index in [4.69, 9.17) is 11.6 Å². The molecule has 2 aromatic rings. The first-order valence-corrected chi connectivity index (χ1v) is 7.82. The summed E-state index contributed by atoms with van der Waals surface area (Å²) >= 11 is 6.15. The van der Waals surface area contributed by atoms with E-state index in [0.717, 1.165) is 16.8 Å². The molecule has 0 aliphatic heterocycles. The largest absolute Gasteiger partial charge is 0.378 e. The maximum atomic E-state index is 12.1. The van der Waals surface area contributed by atoms with Crippen LogP contribution in [-0.4, -0.2) is 25.9 Å². The summed E-state index contributed by atoms with van der Waals surface area (Å²) in [5.74, 6) is -1.51. The minimum Gasteiger partial charge on any atom is -0.378 e. The Hall–Kier alpha value is -2.53. The molecule has 0 saturated heterocycles. The molecule has 5 nitrogen and oxygen atoms in total. The van der Waals surface area contributed by atoms with E-state index in [9.17, 15) is 9.59 Å². The molecule has 0 unspecified atom stereocenters. The molecule has 0 aliphatic rings. The number of hydrogen-bond acceptors (Lipinski definition) is 3. The lowest BCUT2D eigenvalue weighted by Crippen LogP contribution is -2.29. The van der Waals surface area contributed by atoms with Gasteiger partial charge in [-0.15, -0.1) is 0 Å². The molecule has 0 bridgehead atoms. The molecule has 0 heterocycles. The number of anilines is 3. The Bertz CT molecular complexity index is 765. The summed E-state index contributed by atoms with van der Waals surface area (Å²) in [6.07, 6.45) is 0. The van der Waals surface area contributed by atoms with Gasteiger partial charge in [-0.2, -0.15) is 0 Å². The summed E-state index contributed by atoms with van der Waals surface area (Å²) in [5, 5.41) is 5.56. The van der Waals surface area contributed by atoms with Gasteiger partial charge in [0.05, 0.1) is 10.7 Å². The highest BCUT2D eigenvalue weighted by molar-refractivity contribution is 6.45. The minimum absolute atomic E-state index is 0.406. The summed E-state index contributed by atoms with van der Waals surface area (Å²) in [6, 6.07) is 10.9. The fourth-order valence-corrected chi connectivity index (χ4v) is 2.66. The zero-order valence-electron chi connectivity index (χ0n) is 14.1. The molecular weight excluding hydrogens is 326 g/mol. The highest BCUT2D eigenvalue weighted by Crippen LogP contribution is 2.27. The van der Waals surface area contributed by atoms with E-state index in [-0.39, 0.29) is 0 Å². The summed E-state index contributed by atoms with van der Waals surface area (Å²) in [7, 11) is 3.80. The Morgan fingerprint density at radius 3 is 2.29 bits per heavy atom. The fraction of sp³-hybridized carbons (Fsp3) is 0.222. The zero-order valence-corrected chi connectivity index (χ0v) is 14.9. The minimum atomic E-state index is -0.765. The van der Waals surface area contributed by atoms with Crippen molar-refractivity contribution in [2.45, 2.75) is 13.8 Å². The molecule has 0 aromatic heterocycles. The van der Waals surface area contributed by atoms with Gasteiger partial charge < -0.3 is 15.5 Å². The number of carbonyl (C=O) groups is 2. The number of aryl methyl sites for hydroxylation is 2. The molecule has 0 atom stereocenters. The van der Waals surface area contributed by atoms with Crippen molar-refractivity contribution in [3.63, 3.8) is 0 Å². The Kier molecular flexibility index (Phi) is 5.46. The van der Waals surface area contributed by atoms with Gasteiger partial charge in [0.15, 0.2) is 0 Å². The normalized spacial score (nSPS) is 10.2. The number of rotatable bonds is 3. The second-order valence-corrected chi connectivity index (χ2v) is 6.20. The van der Waals surface area contributed by atoms with Crippen molar-refractivity contribution in [2.24, 2.45) is 0 Å². The molecule has 126 valence electrons. The fourth-order valence-electron chi connectivity index (χ4n) is 2.29. The van der Waals surface area contributed by atoms with Crippen LogP contribution in [0.15, 0.2) is 36.4 Å². The van der Waals surface area contributed by atoms with Crippen LogP contribution in [0.3, 0.4) is 0 Å². The van der Waals surface area contributed by atoms with Gasteiger partial charge in [-0.1, -0.05) is 23.7 Å². The number of benzene rings is 2. The van der Waals surface area contributed by atoms with Crippen LogP contribution in [0.4, 0.5) is 17.1 Å². The Balaban J connectivity index is 2.11. The van der Waals surface area contributed by atoms with Crippen molar-refractivity contribution >= 4 is 40.5 Å². The first-order chi connectivity index (χ1) is 11.3. The highest BCUT2D eigenvalue weighted by atomic mass is 35.5. The first kappa shape index (κ1) is 17.8. The average molecular weight is 346 g/mol. The lowest BCUT2D eigenvalue weighted by Gasteiger charge is -2.14. The van der Waals surface area contributed by atoms with Gasteiger partial charge in [-0.25, -0.2) is 0 Å². The van der Waals surface area contributed by atoms with Gasteiger partial charge in [-0.3, -0.25) is 9.59 Å². The molecule has 0 fully saturated rings. The van der Waals surface area contributed by atoms with Crippen LogP contribution >= 0.6 is 11.6 Å². The maximum absolute atomic E-state index is 12.1. The predicted octanol–water partition coefficient (Wildman–Crippen LogP) is 3.60. The van der Waals surface area contributed by atoms with E-state index in [2.05, 4.69) is 10.6 Å². The molecule has 2 rings (SSSR count). The molecule has 0 radical (unpaired) electrons. The molecule has 0 aliphatic carbocycles. The zero-order chi connectivity index (χ0) is 17.9. The van der Waals surface area contributed by atoms with Gasteiger partial charge in [0.1, 0.15) is 0 Å². The van der Waals surface area contributed by atoms with Crippen LogP contribution in [-0.2, 0) is 9.59 Å². The summed E-state index contributed by atoms with van der Waals surface area (Å²) in [5.41, 5.74) is 3.71. The number of nitrogens with zero attached hydrogens (tertiary/aromatic N) is 1. The van der Waals surface area contributed by atoms with E-state index < -0.39 is 11.8 Å². The maximum Gasteiger partial charge on any atom is 0.314 e. The number of nitrogens with one attached hydrogen (secondary N) is 2. The van der Waals surface area contributed by atoms with Crippen molar-refractivity contribution in [2.75, 3.05) is 29.6 Å². The van der Waals surface area contributed by atoms with Crippen LogP contribution in [0.1, 0.15) is 11.1 Å². The summed E-state index contributed by atoms with van der Waals surface area (Å²) in [6.45, 7) is 3.74. The second-order valence-electron chi connectivity index (χ2n) is 5.79. The lowest BCUT2D eigenvalue weighted by atomic mass is 10.1. The molecule has 2 N–H and O–H groups in total. The smallest absolute Gasteiger partial charge is 0.314 e. The Morgan fingerprint density at radius 1 is 1.00 bits per heavy atom. The quantitative estimate of drug-likeness (QED) is 0.835. The third-order valence-corrected chi connectivity index (χ3v) is 3.80. The standard InChI is InChI=1S/C18H20ClN3O2/c1-11-8-12(2)16(15(19)9-11)21-18(24)17(23)20-13-6-5-7-14(10-13)22(3)4/h5-10H,1-4H3,(H,20,23)(H,21,24). The monoisotopic (exact) mass is 345 g/mol. The number of amides is 2. The van der Waals surface area contributed by atoms with Gasteiger partial charge in [-0.05, 0) is 49.2 Å². The van der Waals surface area contributed by atoms with Gasteiger partial charge in [0, 0.05) is 25.5 Å². The van der Waals surface area contributed by atoms with Gasteiger partial charge in [0.25, 0.3) is 0 Å². The molecular formula is C18H20ClN3O2. The summed E-state index contributed by atoms with van der Waals surface area (Å²) in [4.78, 5) is 26.1. The van der Waals surface area contributed by atoms with Crippen molar-refractivity contribution < 1.29 is 9.59 Å².